The lowest BCUT2D eigenvalue weighted by Crippen LogP contribution is -2.28. The van der Waals surface area contributed by atoms with Gasteiger partial charge in [-0.25, -0.2) is 0 Å². The molecule has 3 rings (SSSR count). The molecule has 0 spiro atoms. The standard InChI is InChI=1S/C18H16BrNOS2/c19-15-5-2-1-4-13(15)7-8-17(21)20-18(14-9-11-22-12-14)16-6-3-10-23-16/h1-6,9-12,18H,7-8H2,(H,20,21). The third-order valence-electron chi connectivity index (χ3n) is 3.59. The number of carbonyl (C=O) groups is 1. The van der Waals surface area contributed by atoms with E-state index in [0.29, 0.717) is 6.42 Å². The molecule has 118 valence electrons. The van der Waals surface area contributed by atoms with Gasteiger partial charge in [0, 0.05) is 15.8 Å². The van der Waals surface area contributed by atoms with Crippen molar-refractivity contribution < 1.29 is 4.79 Å². The molecule has 0 aliphatic heterocycles. The summed E-state index contributed by atoms with van der Waals surface area (Å²) in [4.78, 5) is 13.6. The van der Waals surface area contributed by atoms with Crippen LogP contribution < -0.4 is 5.32 Å². The first-order chi connectivity index (χ1) is 11.2. The molecule has 2 heterocycles. The van der Waals surface area contributed by atoms with Crippen molar-refractivity contribution in [3.63, 3.8) is 0 Å². The first kappa shape index (κ1) is 16.4. The predicted octanol–water partition coefficient (Wildman–Crippen LogP) is 5.41. The number of amides is 1. The Labute approximate surface area is 152 Å². The summed E-state index contributed by atoms with van der Waals surface area (Å²) < 4.78 is 1.06. The fourth-order valence-electron chi connectivity index (χ4n) is 2.40. The molecule has 1 amide bonds. The van der Waals surface area contributed by atoms with Crippen LogP contribution in [0.1, 0.15) is 28.5 Å². The van der Waals surface area contributed by atoms with E-state index in [2.05, 4.69) is 38.8 Å². The van der Waals surface area contributed by atoms with Crippen molar-refractivity contribution >= 4 is 44.5 Å². The zero-order chi connectivity index (χ0) is 16.1. The molecule has 0 saturated heterocycles. The number of rotatable bonds is 6. The highest BCUT2D eigenvalue weighted by Gasteiger charge is 2.18. The van der Waals surface area contributed by atoms with Gasteiger partial charge in [-0.3, -0.25) is 4.79 Å². The zero-order valence-corrected chi connectivity index (χ0v) is 15.6. The monoisotopic (exact) mass is 405 g/mol. The van der Waals surface area contributed by atoms with Crippen molar-refractivity contribution in [1.82, 2.24) is 5.32 Å². The summed E-state index contributed by atoms with van der Waals surface area (Å²) in [6, 6.07) is 14.2. The van der Waals surface area contributed by atoms with Gasteiger partial charge in [-0.2, -0.15) is 11.3 Å². The van der Waals surface area contributed by atoms with E-state index in [1.165, 1.54) is 0 Å². The van der Waals surface area contributed by atoms with Gasteiger partial charge in [0.2, 0.25) is 5.91 Å². The third kappa shape index (κ3) is 4.31. The van der Waals surface area contributed by atoms with Crippen molar-refractivity contribution in [3.8, 4) is 0 Å². The van der Waals surface area contributed by atoms with Crippen LogP contribution in [-0.4, -0.2) is 5.91 Å². The second-order valence-corrected chi connectivity index (χ2v) is 7.78. The van der Waals surface area contributed by atoms with Gasteiger partial charge in [-0.1, -0.05) is 40.2 Å². The fourth-order valence-corrected chi connectivity index (χ4v) is 4.37. The van der Waals surface area contributed by atoms with Crippen LogP contribution in [0.2, 0.25) is 0 Å². The molecule has 0 aliphatic rings. The van der Waals surface area contributed by atoms with Crippen molar-refractivity contribution in [1.29, 1.82) is 0 Å². The Hall–Kier alpha value is -1.43. The number of benzene rings is 1. The third-order valence-corrected chi connectivity index (χ3v) is 6.00. The van der Waals surface area contributed by atoms with Gasteiger partial charge < -0.3 is 5.32 Å². The highest BCUT2D eigenvalue weighted by atomic mass is 79.9. The van der Waals surface area contributed by atoms with Crippen molar-refractivity contribution in [2.45, 2.75) is 18.9 Å². The van der Waals surface area contributed by atoms with Crippen LogP contribution in [0.5, 0.6) is 0 Å². The van der Waals surface area contributed by atoms with Crippen LogP contribution in [-0.2, 0) is 11.2 Å². The van der Waals surface area contributed by atoms with Crippen LogP contribution in [0.25, 0.3) is 0 Å². The minimum absolute atomic E-state index is 0.0482. The maximum Gasteiger partial charge on any atom is 0.221 e. The van der Waals surface area contributed by atoms with Gasteiger partial charge in [-0.15, -0.1) is 11.3 Å². The second kappa shape index (κ2) is 7.90. The van der Waals surface area contributed by atoms with Gasteiger partial charge >= 0.3 is 0 Å². The minimum Gasteiger partial charge on any atom is -0.344 e. The lowest BCUT2D eigenvalue weighted by molar-refractivity contribution is -0.121. The Morgan fingerprint density at radius 1 is 1.13 bits per heavy atom. The molecule has 0 fully saturated rings. The van der Waals surface area contributed by atoms with E-state index in [4.69, 9.17) is 0 Å². The maximum absolute atomic E-state index is 12.4. The molecule has 0 saturated carbocycles. The fraction of sp³-hybridized carbons (Fsp3) is 0.167. The lowest BCUT2D eigenvalue weighted by Gasteiger charge is -2.16. The van der Waals surface area contributed by atoms with Crippen molar-refractivity contribution in [3.05, 3.63) is 79.1 Å². The number of hydrogen-bond donors (Lipinski definition) is 1. The summed E-state index contributed by atoms with van der Waals surface area (Å²) >= 11 is 6.85. The van der Waals surface area contributed by atoms with E-state index in [1.807, 2.05) is 41.1 Å². The Kier molecular flexibility index (Phi) is 5.65. The summed E-state index contributed by atoms with van der Waals surface area (Å²) in [6.07, 6.45) is 1.21. The van der Waals surface area contributed by atoms with Crippen LogP contribution in [0, 0.1) is 0 Å². The molecule has 1 aromatic carbocycles. The van der Waals surface area contributed by atoms with E-state index >= 15 is 0 Å². The van der Waals surface area contributed by atoms with E-state index in [0.717, 1.165) is 26.9 Å². The molecule has 1 unspecified atom stereocenters. The molecule has 5 heteroatoms. The second-order valence-electron chi connectivity index (χ2n) is 5.16. The summed E-state index contributed by atoms with van der Waals surface area (Å²) in [7, 11) is 0. The number of aryl methyl sites for hydroxylation is 1. The van der Waals surface area contributed by atoms with E-state index < -0.39 is 0 Å². The number of carbonyl (C=O) groups excluding carboxylic acids is 1. The lowest BCUT2D eigenvalue weighted by atomic mass is 10.1. The van der Waals surface area contributed by atoms with Gasteiger partial charge in [0.15, 0.2) is 0 Å². The number of halogens is 1. The first-order valence-electron chi connectivity index (χ1n) is 7.32. The summed E-state index contributed by atoms with van der Waals surface area (Å²) in [5, 5.41) is 9.36. The molecule has 2 aromatic heterocycles. The Morgan fingerprint density at radius 2 is 2.00 bits per heavy atom. The van der Waals surface area contributed by atoms with Crippen molar-refractivity contribution in [2.75, 3.05) is 0 Å². The smallest absolute Gasteiger partial charge is 0.221 e. The molecule has 2 nitrogen and oxygen atoms in total. The van der Waals surface area contributed by atoms with Crippen LogP contribution >= 0.6 is 38.6 Å². The summed E-state index contributed by atoms with van der Waals surface area (Å²) in [5.41, 5.74) is 2.30. The maximum atomic E-state index is 12.4. The Morgan fingerprint density at radius 3 is 2.70 bits per heavy atom. The number of thiophene rings is 2. The van der Waals surface area contributed by atoms with Crippen LogP contribution in [0.15, 0.2) is 63.1 Å². The highest BCUT2D eigenvalue weighted by molar-refractivity contribution is 9.10. The van der Waals surface area contributed by atoms with E-state index in [9.17, 15) is 4.79 Å². The summed E-state index contributed by atoms with van der Waals surface area (Å²) in [6.45, 7) is 0. The predicted molar refractivity (Wildman–Crippen MR) is 101 cm³/mol. The zero-order valence-electron chi connectivity index (χ0n) is 12.4. The quantitative estimate of drug-likeness (QED) is 0.583. The highest BCUT2D eigenvalue weighted by Crippen LogP contribution is 2.27. The van der Waals surface area contributed by atoms with Crippen molar-refractivity contribution in [2.24, 2.45) is 0 Å². The van der Waals surface area contributed by atoms with Gasteiger partial charge in [0.25, 0.3) is 0 Å². The van der Waals surface area contributed by atoms with Gasteiger partial charge in [-0.05, 0) is 51.9 Å². The molecule has 0 bridgehead atoms. The molecule has 1 N–H and O–H groups in total. The van der Waals surface area contributed by atoms with E-state index in [1.54, 1.807) is 22.7 Å². The van der Waals surface area contributed by atoms with Crippen LogP contribution in [0.4, 0.5) is 0 Å². The minimum atomic E-state index is -0.0482. The van der Waals surface area contributed by atoms with Crippen LogP contribution in [0.3, 0.4) is 0 Å². The van der Waals surface area contributed by atoms with Gasteiger partial charge in [0.1, 0.15) is 0 Å². The number of nitrogens with one attached hydrogen (secondary N) is 1. The average Bonchev–Trinajstić information content (AvgIpc) is 3.25. The topological polar surface area (TPSA) is 29.1 Å². The largest absolute Gasteiger partial charge is 0.344 e. The molecule has 1 atom stereocenters. The van der Waals surface area contributed by atoms with Gasteiger partial charge in [0.05, 0.1) is 6.04 Å². The molecule has 23 heavy (non-hydrogen) atoms. The summed E-state index contributed by atoms with van der Waals surface area (Å²) in [5.74, 6) is 0.0744. The SMILES string of the molecule is O=C(CCc1ccccc1Br)NC(c1ccsc1)c1cccs1. The first-order valence-corrected chi connectivity index (χ1v) is 9.94. The normalized spacial score (nSPS) is 12.0. The molecule has 0 radical (unpaired) electrons. The molecule has 0 aliphatic carbocycles. The number of hydrogen-bond acceptors (Lipinski definition) is 3. The molecular formula is C18H16BrNOS2. The molecule has 3 aromatic rings. The molecular weight excluding hydrogens is 390 g/mol. The van der Waals surface area contributed by atoms with E-state index in [-0.39, 0.29) is 11.9 Å². The Balaban J connectivity index is 1.66. The average molecular weight is 406 g/mol. The Bertz CT molecular complexity index is 719.